The Morgan fingerprint density at radius 2 is 2.10 bits per heavy atom. The van der Waals surface area contributed by atoms with Gasteiger partial charge < -0.3 is 9.47 Å². The highest BCUT2D eigenvalue weighted by Crippen LogP contribution is 2.28. The summed E-state index contributed by atoms with van der Waals surface area (Å²) < 4.78 is 11.4. The zero-order valence-electron chi connectivity index (χ0n) is 11.6. The molecule has 20 heavy (non-hydrogen) atoms. The van der Waals surface area contributed by atoms with Crippen LogP contribution in [0.3, 0.4) is 0 Å². The number of hydrogen-bond donors (Lipinski definition) is 2. The second-order valence-corrected chi connectivity index (χ2v) is 5.45. The van der Waals surface area contributed by atoms with Crippen LogP contribution in [0.2, 0.25) is 5.02 Å². The molecule has 1 aliphatic rings. The van der Waals surface area contributed by atoms with Crippen LogP contribution in [0.1, 0.15) is 24.0 Å². The van der Waals surface area contributed by atoms with Gasteiger partial charge in [-0.2, -0.15) is 0 Å². The maximum Gasteiger partial charge on any atom is 0.263 e. The summed E-state index contributed by atoms with van der Waals surface area (Å²) in [4.78, 5) is 11.4. The van der Waals surface area contributed by atoms with Crippen LogP contribution in [0.25, 0.3) is 0 Å². The minimum absolute atomic E-state index is 0.0909. The first-order valence-electron chi connectivity index (χ1n) is 6.56. The Labute approximate surface area is 123 Å². The first-order chi connectivity index (χ1) is 9.51. The van der Waals surface area contributed by atoms with E-state index in [1.807, 2.05) is 26.0 Å². The van der Waals surface area contributed by atoms with Gasteiger partial charge in [0.25, 0.3) is 5.91 Å². The number of benzene rings is 1. The van der Waals surface area contributed by atoms with Crippen LogP contribution >= 0.6 is 11.6 Å². The van der Waals surface area contributed by atoms with E-state index in [0.29, 0.717) is 18.1 Å². The summed E-state index contributed by atoms with van der Waals surface area (Å²) in [5, 5.41) is 0.698. The van der Waals surface area contributed by atoms with Crippen LogP contribution < -0.4 is 16.0 Å². The van der Waals surface area contributed by atoms with Gasteiger partial charge in [-0.3, -0.25) is 10.2 Å². The average molecular weight is 299 g/mol. The molecule has 1 heterocycles. The molecular formula is C14H19ClN2O3. The van der Waals surface area contributed by atoms with Crippen molar-refractivity contribution in [2.24, 2.45) is 5.84 Å². The topological polar surface area (TPSA) is 73.6 Å². The van der Waals surface area contributed by atoms with Gasteiger partial charge >= 0.3 is 0 Å². The van der Waals surface area contributed by atoms with E-state index in [1.54, 1.807) is 0 Å². The summed E-state index contributed by atoms with van der Waals surface area (Å²) in [5.41, 5.74) is 4.09. The van der Waals surface area contributed by atoms with Gasteiger partial charge in [-0.1, -0.05) is 11.6 Å². The standard InChI is InChI=1S/C14H19ClN2O3/c1-8-5-10(15)6-9(2)13(8)19-7-11-3-4-12(20-11)14(18)17-16/h5-6,11-12H,3-4,7,16H2,1-2H3,(H,17,18). The van der Waals surface area contributed by atoms with Crippen molar-refractivity contribution < 1.29 is 14.3 Å². The second-order valence-electron chi connectivity index (χ2n) is 5.01. The van der Waals surface area contributed by atoms with E-state index in [9.17, 15) is 4.79 Å². The van der Waals surface area contributed by atoms with Gasteiger partial charge in [0.05, 0.1) is 6.10 Å². The highest BCUT2D eigenvalue weighted by molar-refractivity contribution is 6.30. The van der Waals surface area contributed by atoms with Crippen LogP contribution in [0.5, 0.6) is 5.75 Å². The third kappa shape index (κ3) is 3.42. The predicted octanol–water partition coefficient (Wildman–Crippen LogP) is 1.87. The molecule has 0 spiro atoms. The van der Waals surface area contributed by atoms with Gasteiger partial charge in [-0.05, 0) is 49.9 Å². The van der Waals surface area contributed by atoms with E-state index >= 15 is 0 Å². The highest BCUT2D eigenvalue weighted by Gasteiger charge is 2.30. The zero-order chi connectivity index (χ0) is 14.7. The SMILES string of the molecule is Cc1cc(Cl)cc(C)c1OCC1CCC(C(=O)NN)O1. The maximum absolute atomic E-state index is 11.4. The molecule has 3 N–H and O–H groups in total. The quantitative estimate of drug-likeness (QED) is 0.506. The summed E-state index contributed by atoms with van der Waals surface area (Å²) in [6.07, 6.45) is 0.882. The molecule has 0 aromatic heterocycles. The number of nitrogens with one attached hydrogen (secondary N) is 1. The van der Waals surface area contributed by atoms with Gasteiger partial charge in [-0.15, -0.1) is 0 Å². The van der Waals surface area contributed by atoms with E-state index < -0.39 is 6.10 Å². The summed E-state index contributed by atoms with van der Waals surface area (Å²) in [6.45, 7) is 4.32. The van der Waals surface area contributed by atoms with Crippen molar-refractivity contribution in [2.45, 2.75) is 38.9 Å². The number of carbonyl (C=O) groups excluding carboxylic acids is 1. The van der Waals surface area contributed by atoms with Crippen molar-refractivity contribution in [2.75, 3.05) is 6.61 Å². The largest absolute Gasteiger partial charge is 0.490 e. The van der Waals surface area contributed by atoms with Crippen molar-refractivity contribution in [3.63, 3.8) is 0 Å². The Morgan fingerprint density at radius 1 is 1.45 bits per heavy atom. The lowest BCUT2D eigenvalue weighted by Crippen LogP contribution is -2.39. The summed E-state index contributed by atoms with van der Waals surface area (Å²) in [7, 11) is 0. The molecule has 1 aromatic rings. The summed E-state index contributed by atoms with van der Waals surface area (Å²) in [6, 6.07) is 3.73. The van der Waals surface area contributed by atoms with E-state index in [4.69, 9.17) is 26.9 Å². The fourth-order valence-electron chi connectivity index (χ4n) is 2.42. The molecule has 1 saturated heterocycles. The molecule has 0 bridgehead atoms. The molecule has 0 saturated carbocycles. The van der Waals surface area contributed by atoms with Crippen LogP contribution in [-0.2, 0) is 9.53 Å². The maximum atomic E-state index is 11.4. The molecule has 2 rings (SSSR count). The lowest BCUT2D eigenvalue weighted by Gasteiger charge is -2.16. The molecule has 110 valence electrons. The number of hydrogen-bond acceptors (Lipinski definition) is 4. The van der Waals surface area contributed by atoms with Crippen LogP contribution in [0.15, 0.2) is 12.1 Å². The minimum Gasteiger partial charge on any atom is -0.490 e. The predicted molar refractivity (Wildman–Crippen MR) is 76.6 cm³/mol. The Hall–Kier alpha value is -1.30. The highest BCUT2D eigenvalue weighted by atomic mass is 35.5. The van der Waals surface area contributed by atoms with E-state index in [2.05, 4.69) is 5.43 Å². The number of hydrazine groups is 1. The fraction of sp³-hybridized carbons (Fsp3) is 0.500. The zero-order valence-corrected chi connectivity index (χ0v) is 12.4. The number of ether oxygens (including phenoxy) is 2. The number of carbonyl (C=O) groups is 1. The first-order valence-corrected chi connectivity index (χ1v) is 6.94. The Kier molecular flexibility index (Phi) is 4.86. The summed E-state index contributed by atoms with van der Waals surface area (Å²) in [5.74, 6) is 5.63. The minimum atomic E-state index is -0.471. The van der Waals surface area contributed by atoms with Gasteiger partial charge in [0.15, 0.2) is 0 Å². The molecule has 1 amide bonds. The lowest BCUT2D eigenvalue weighted by atomic mass is 10.1. The van der Waals surface area contributed by atoms with Gasteiger partial charge in [-0.25, -0.2) is 5.84 Å². The van der Waals surface area contributed by atoms with Gasteiger partial charge in [0.1, 0.15) is 18.5 Å². The summed E-state index contributed by atoms with van der Waals surface area (Å²) >= 11 is 5.98. The molecule has 6 heteroatoms. The molecule has 0 radical (unpaired) electrons. The van der Waals surface area contributed by atoms with Crippen molar-refractivity contribution in [3.8, 4) is 5.75 Å². The number of aryl methyl sites for hydroxylation is 2. The van der Waals surface area contributed by atoms with Crippen LogP contribution in [0.4, 0.5) is 0 Å². The van der Waals surface area contributed by atoms with Crippen LogP contribution in [-0.4, -0.2) is 24.7 Å². The fourth-order valence-corrected chi connectivity index (χ4v) is 2.74. The smallest absolute Gasteiger partial charge is 0.263 e. The molecule has 2 unspecified atom stereocenters. The average Bonchev–Trinajstić information content (AvgIpc) is 2.85. The Balaban J connectivity index is 1.92. The third-order valence-corrected chi connectivity index (χ3v) is 3.60. The number of amides is 1. The van der Waals surface area contributed by atoms with Crippen molar-refractivity contribution in [1.29, 1.82) is 0 Å². The van der Waals surface area contributed by atoms with Crippen molar-refractivity contribution in [1.82, 2.24) is 5.43 Å². The molecule has 0 aliphatic carbocycles. The van der Waals surface area contributed by atoms with E-state index in [-0.39, 0.29) is 12.0 Å². The lowest BCUT2D eigenvalue weighted by molar-refractivity contribution is -0.132. The number of rotatable bonds is 4. The third-order valence-electron chi connectivity index (χ3n) is 3.38. The Bertz CT molecular complexity index is 484. The molecule has 2 atom stereocenters. The molecule has 1 aliphatic heterocycles. The van der Waals surface area contributed by atoms with E-state index in [1.165, 1.54) is 0 Å². The molecule has 1 fully saturated rings. The Morgan fingerprint density at radius 3 is 2.70 bits per heavy atom. The van der Waals surface area contributed by atoms with Gasteiger partial charge in [0.2, 0.25) is 0 Å². The second kappa shape index (κ2) is 6.43. The van der Waals surface area contributed by atoms with Crippen LogP contribution in [0, 0.1) is 13.8 Å². The first kappa shape index (κ1) is 15.1. The monoisotopic (exact) mass is 298 g/mol. The molecule has 5 nitrogen and oxygen atoms in total. The van der Waals surface area contributed by atoms with Gasteiger partial charge in [0, 0.05) is 5.02 Å². The van der Waals surface area contributed by atoms with Crippen molar-refractivity contribution in [3.05, 3.63) is 28.3 Å². The number of nitrogens with two attached hydrogens (primary N) is 1. The number of halogens is 1. The van der Waals surface area contributed by atoms with Crippen molar-refractivity contribution >= 4 is 17.5 Å². The molecule has 1 aromatic carbocycles. The van der Waals surface area contributed by atoms with E-state index in [0.717, 1.165) is 23.3 Å². The normalized spacial score (nSPS) is 21.8. The molecular weight excluding hydrogens is 280 g/mol.